The maximum atomic E-state index is 5.48. The predicted octanol–water partition coefficient (Wildman–Crippen LogP) is -0.133. The number of tetrazole rings is 1. The molecule has 0 amide bonds. The summed E-state index contributed by atoms with van der Waals surface area (Å²) < 4.78 is 5.48. The molecule has 0 radical (unpaired) electrons. The van der Waals surface area contributed by atoms with Crippen LogP contribution in [-0.4, -0.2) is 39.0 Å². The van der Waals surface area contributed by atoms with Crippen molar-refractivity contribution in [2.24, 2.45) is 7.05 Å². The number of ether oxygens (including phenoxy) is 1. The van der Waals surface area contributed by atoms with E-state index in [4.69, 9.17) is 4.74 Å². The minimum Gasteiger partial charge on any atom is -0.378 e. The first kappa shape index (κ1) is 10.5. The number of aryl methyl sites for hydroxylation is 1. The van der Waals surface area contributed by atoms with Crippen LogP contribution in [0.15, 0.2) is 0 Å². The van der Waals surface area contributed by atoms with E-state index in [1.54, 1.807) is 7.05 Å². The summed E-state index contributed by atoms with van der Waals surface area (Å²) in [6.07, 6.45) is 2.47. The van der Waals surface area contributed by atoms with E-state index in [1.165, 1.54) is 4.80 Å². The van der Waals surface area contributed by atoms with Gasteiger partial charge in [0.15, 0.2) is 5.82 Å². The van der Waals surface area contributed by atoms with Gasteiger partial charge in [0.2, 0.25) is 0 Å². The maximum Gasteiger partial charge on any atom is 0.188 e. The molecule has 1 aliphatic heterocycles. The molecule has 1 saturated heterocycles. The molecule has 0 aromatic carbocycles. The molecule has 0 aliphatic carbocycles. The minimum atomic E-state index is 0.353. The van der Waals surface area contributed by atoms with E-state index < -0.39 is 0 Å². The molecular formula is C9H17N5O. The van der Waals surface area contributed by atoms with Gasteiger partial charge in [-0.1, -0.05) is 0 Å². The Morgan fingerprint density at radius 1 is 1.60 bits per heavy atom. The van der Waals surface area contributed by atoms with Crippen LogP contribution in [0.1, 0.15) is 25.6 Å². The molecule has 84 valence electrons. The van der Waals surface area contributed by atoms with Crippen LogP contribution in [0.4, 0.5) is 0 Å². The van der Waals surface area contributed by atoms with Gasteiger partial charge in [-0.05, 0) is 25.0 Å². The average Bonchev–Trinajstić information content (AvgIpc) is 2.62. The molecule has 0 bridgehead atoms. The Morgan fingerprint density at radius 2 is 2.47 bits per heavy atom. The summed E-state index contributed by atoms with van der Waals surface area (Å²) in [4.78, 5) is 1.48. The van der Waals surface area contributed by atoms with Crippen molar-refractivity contribution in [1.29, 1.82) is 0 Å². The van der Waals surface area contributed by atoms with Crippen LogP contribution in [0.25, 0.3) is 0 Å². The van der Waals surface area contributed by atoms with Crippen molar-refractivity contribution >= 4 is 0 Å². The first-order valence-corrected chi connectivity index (χ1v) is 5.32. The quantitative estimate of drug-likeness (QED) is 0.754. The molecule has 2 heterocycles. The van der Waals surface area contributed by atoms with Crippen molar-refractivity contribution in [3.8, 4) is 0 Å². The fourth-order valence-corrected chi connectivity index (χ4v) is 1.81. The highest BCUT2D eigenvalue weighted by atomic mass is 16.5. The van der Waals surface area contributed by atoms with Crippen LogP contribution in [0, 0.1) is 0 Å². The van der Waals surface area contributed by atoms with Crippen LogP contribution >= 0.6 is 0 Å². The lowest BCUT2D eigenvalue weighted by molar-refractivity contribution is 0.0129. The summed E-state index contributed by atoms with van der Waals surface area (Å²) in [7, 11) is 1.77. The lowest BCUT2D eigenvalue weighted by Crippen LogP contribution is -2.37. The highest BCUT2D eigenvalue weighted by Gasteiger charge is 2.18. The Kier molecular flexibility index (Phi) is 3.27. The zero-order valence-electron chi connectivity index (χ0n) is 9.18. The molecule has 2 unspecified atom stereocenters. The molecule has 1 N–H and O–H groups in total. The van der Waals surface area contributed by atoms with Crippen molar-refractivity contribution in [2.45, 2.75) is 38.5 Å². The van der Waals surface area contributed by atoms with Gasteiger partial charge in [-0.2, -0.15) is 4.80 Å². The molecule has 15 heavy (non-hydrogen) atoms. The fraction of sp³-hybridized carbons (Fsp3) is 0.889. The van der Waals surface area contributed by atoms with Crippen molar-refractivity contribution < 1.29 is 4.74 Å². The lowest BCUT2D eigenvalue weighted by Gasteiger charge is -2.27. The molecule has 6 heteroatoms. The summed E-state index contributed by atoms with van der Waals surface area (Å²) in [6, 6.07) is 0.512. The Balaban J connectivity index is 1.77. The molecule has 0 spiro atoms. The molecule has 1 aromatic heterocycles. The molecule has 1 fully saturated rings. The second-order valence-corrected chi connectivity index (χ2v) is 3.98. The van der Waals surface area contributed by atoms with E-state index in [-0.39, 0.29) is 0 Å². The van der Waals surface area contributed by atoms with Gasteiger partial charge >= 0.3 is 0 Å². The van der Waals surface area contributed by atoms with Gasteiger partial charge in [0.25, 0.3) is 0 Å². The third kappa shape index (κ3) is 2.97. The van der Waals surface area contributed by atoms with Gasteiger partial charge in [-0.15, -0.1) is 10.2 Å². The smallest absolute Gasteiger partial charge is 0.188 e. The number of hydrogen-bond donors (Lipinski definition) is 1. The maximum absolute atomic E-state index is 5.48. The van der Waals surface area contributed by atoms with Crippen LogP contribution in [-0.2, 0) is 18.3 Å². The van der Waals surface area contributed by atoms with Gasteiger partial charge in [-0.3, -0.25) is 0 Å². The van der Waals surface area contributed by atoms with E-state index in [0.717, 1.165) is 25.3 Å². The highest BCUT2D eigenvalue weighted by molar-refractivity contribution is 4.80. The minimum absolute atomic E-state index is 0.353. The highest BCUT2D eigenvalue weighted by Crippen LogP contribution is 2.13. The lowest BCUT2D eigenvalue weighted by atomic mass is 10.0. The largest absolute Gasteiger partial charge is 0.378 e. The van der Waals surface area contributed by atoms with E-state index in [9.17, 15) is 0 Å². The molecule has 2 atom stereocenters. The van der Waals surface area contributed by atoms with Gasteiger partial charge in [0.05, 0.1) is 19.7 Å². The Morgan fingerprint density at radius 3 is 3.13 bits per heavy atom. The van der Waals surface area contributed by atoms with Crippen LogP contribution in [0.3, 0.4) is 0 Å². The Labute approximate surface area is 89.0 Å². The van der Waals surface area contributed by atoms with Gasteiger partial charge in [-0.25, -0.2) is 0 Å². The predicted molar refractivity (Wildman–Crippen MR) is 54.1 cm³/mol. The zero-order chi connectivity index (χ0) is 10.7. The molecular weight excluding hydrogens is 194 g/mol. The second kappa shape index (κ2) is 4.67. The average molecular weight is 211 g/mol. The number of hydrogen-bond acceptors (Lipinski definition) is 5. The number of aromatic nitrogens is 4. The first-order valence-electron chi connectivity index (χ1n) is 5.32. The van der Waals surface area contributed by atoms with Crippen molar-refractivity contribution in [2.75, 3.05) is 6.61 Å². The zero-order valence-corrected chi connectivity index (χ0v) is 9.18. The molecule has 0 saturated carbocycles. The van der Waals surface area contributed by atoms with E-state index >= 15 is 0 Å². The van der Waals surface area contributed by atoms with Crippen LogP contribution in [0.5, 0.6) is 0 Å². The topological polar surface area (TPSA) is 64.9 Å². The molecule has 2 rings (SSSR count). The summed E-state index contributed by atoms with van der Waals surface area (Å²) in [5, 5.41) is 15.3. The van der Waals surface area contributed by atoms with Gasteiger partial charge < -0.3 is 10.1 Å². The molecule has 1 aromatic rings. The van der Waals surface area contributed by atoms with Crippen molar-refractivity contribution in [3.05, 3.63) is 5.82 Å². The van der Waals surface area contributed by atoms with Crippen molar-refractivity contribution in [1.82, 2.24) is 25.5 Å². The first-order chi connectivity index (χ1) is 7.24. The monoisotopic (exact) mass is 211 g/mol. The molecule has 6 nitrogen and oxygen atoms in total. The third-order valence-corrected chi connectivity index (χ3v) is 2.58. The van der Waals surface area contributed by atoms with Gasteiger partial charge in [0.1, 0.15) is 0 Å². The SMILES string of the molecule is CC1CC(NCc2nnn(C)n2)CCO1. The van der Waals surface area contributed by atoms with Gasteiger partial charge in [0, 0.05) is 12.6 Å². The Bertz CT molecular complexity index is 313. The summed E-state index contributed by atoms with van der Waals surface area (Å²) in [6.45, 7) is 3.63. The van der Waals surface area contributed by atoms with Crippen LogP contribution in [0.2, 0.25) is 0 Å². The standard InChI is InChI=1S/C9H17N5O/c1-7-5-8(3-4-15-7)10-6-9-11-13-14(2)12-9/h7-8,10H,3-6H2,1-2H3. The second-order valence-electron chi connectivity index (χ2n) is 3.98. The fourth-order valence-electron chi connectivity index (χ4n) is 1.81. The number of nitrogens with zero attached hydrogens (tertiary/aromatic N) is 4. The normalized spacial score (nSPS) is 26.8. The summed E-state index contributed by atoms with van der Waals surface area (Å²) in [5.41, 5.74) is 0. The summed E-state index contributed by atoms with van der Waals surface area (Å²) >= 11 is 0. The number of nitrogens with one attached hydrogen (secondary N) is 1. The van der Waals surface area contributed by atoms with E-state index in [0.29, 0.717) is 18.7 Å². The molecule has 1 aliphatic rings. The van der Waals surface area contributed by atoms with E-state index in [2.05, 4.69) is 27.7 Å². The summed E-state index contributed by atoms with van der Waals surface area (Å²) in [5.74, 6) is 0.747. The van der Waals surface area contributed by atoms with Crippen molar-refractivity contribution in [3.63, 3.8) is 0 Å². The number of rotatable bonds is 3. The third-order valence-electron chi connectivity index (χ3n) is 2.58. The van der Waals surface area contributed by atoms with E-state index in [1.807, 2.05) is 0 Å². The Hall–Kier alpha value is -1.01. The van der Waals surface area contributed by atoms with Crippen LogP contribution < -0.4 is 5.32 Å².